The van der Waals surface area contributed by atoms with Crippen LogP contribution in [0.3, 0.4) is 0 Å². The number of carboxylic acid groups (broad SMARTS) is 1. The summed E-state index contributed by atoms with van der Waals surface area (Å²) in [7, 11) is 3.96. The van der Waals surface area contributed by atoms with Gasteiger partial charge in [-0.2, -0.15) is 27.0 Å². The zero-order valence-corrected chi connectivity index (χ0v) is 44.7. The molecule has 6 atom stereocenters. The topological polar surface area (TPSA) is 190 Å². The van der Waals surface area contributed by atoms with Crippen molar-refractivity contribution in [1.82, 2.24) is 35.1 Å². The Morgan fingerprint density at radius 3 is 1.56 bits per heavy atom. The Hall–Kier alpha value is -4.28. The Kier molecular flexibility index (Phi) is 22.2. The van der Waals surface area contributed by atoms with Crippen molar-refractivity contribution in [2.75, 3.05) is 40.3 Å². The largest absolute Gasteiger partial charge is 0.481 e. The minimum Gasteiger partial charge on any atom is -0.481 e. The molecule has 2 aromatic carbocycles. The van der Waals surface area contributed by atoms with Gasteiger partial charge in [-0.3, -0.25) is 19.2 Å². The highest BCUT2D eigenvalue weighted by atomic mass is 32.1. The summed E-state index contributed by atoms with van der Waals surface area (Å²) in [5.74, 6) is 4.90. The number of nitrogens with two attached hydrogens (primary N) is 1. The van der Waals surface area contributed by atoms with Crippen molar-refractivity contribution in [3.63, 3.8) is 0 Å². The Morgan fingerprint density at radius 1 is 0.653 bits per heavy atom. The molecule has 4 heterocycles. The Morgan fingerprint density at radius 2 is 1.10 bits per heavy atom. The minimum absolute atomic E-state index is 0. The first-order valence-corrected chi connectivity index (χ1v) is 26.4. The second kappa shape index (κ2) is 27.3. The minimum atomic E-state index is -0.664. The lowest BCUT2D eigenvalue weighted by molar-refractivity contribution is -0.146. The highest BCUT2D eigenvalue weighted by molar-refractivity contribution is 7.59. The van der Waals surface area contributed by atoms with E-state index in [1.54, 1.807) is 16.7 Å². The molecule has 0 spiro atoms. The van der Waals surface area contributed by atoms with E-state index in [0.29, 0.717) is 37.2 Å². The molecule has 72 heavy (non-hydrogen) atoms. The molecule has 6 aliphatic rings. The highest BCUT2D eigenvalue weighted by Gasteiger charge is 2.38. The molecule has 4 aromatic rings. The van der Waals surface area contributed by atoms with Gasteiger partial charge in [0.15, 0.2) is 0 Å². The summed E-state index contributed by atoms with van der Waals surface area (Å²) in [5, 5.41) is 11.6. The van der Waals surface area contributed by atoms with Crippen LogP contribution in [-0.4, -0.2) is 98.6 Å². The van der Waals surface area contributed by atoms with Gasteiger partial charge in [0.2, 0.25) is 5.91 Å². The van der Waals surface area contributed by atoms with Crippen LogP contribution in [0.4, 0.5) is 0 Å². The van der Waals surface area contributed by atoms with Gasteiger partial charge in [0.05, 0.1) is 47.7 Å². The molecule has 2 aromatic heterocycles. The van der Waals surface area contributed by atoms with Gasteiger partial charge in [0, 0.05) is 51.9 Å². The average Bonchev–Trinajstić information content (AvgIpc) is 4.22. The highest BCUT2D eigenvalue weighted by Crippen LogP contribution is 2.54. The van der Waals surface area contributed by atoms with Crippen molar-refractivity contribution in [3.05, 3.63) is 82.7 Å². The Balaban J connectivity index is 0.000000227. The third-order valence-electron chi connectivity index (χ3n) is 16.2. The van der Waals surface area contributed by atoms with Crippen LogP contribution >= 0.6 is 27.0 Å². The number of H-pyrrole nitrogens is 2. The number of rotatable bonds is 21. The van der Waals surface area contributed by atoms with Crippen LogP contribution in [0.25, 0.3) is 22.5 Å². The second-order valence-electron chi connectivity index (χ2n) is 21.3. The van der Waals surface area contributed by atoms with Crippen LogP contribution in [-0.2, 0) is 19.2 Å². The number of amides is 1. The van der Waals surface area contributed by atoms with Crippen LogP contribution in [0, 0.1) is 11.8 Å². The third kappa shape index (κ3) is 14.5. The molecule has 4 aliphatic carbocycles. The number of ketones is 2. The van der Waals surface area contributed by atoms with Crippen LogP contribution in [0.5, 0.6) is 0 Å². The number of hydrogen-bond acceptors (Lipinski definition) is 9. The smallest absolute Gasteiger partial charge is 0.309 e. The number of unbranched alkanes of at least 4 members (excludes halogenated alkanes) is 4. The summed E-state index contributed by atoms with van der Waals surface area (Å²) in [5.41, 5.74) is 17.1. The summed E-state index contributed by atoms with van der Waals surface area (Å²) in [6, 6.07) is 13.6. The van der Waals surface area contributed by atoms with Crippen LogP contribution in [0.15, 0.2) is 48.8 Å². The van der Waals surface area contributed by atoms with Gasteiger partial charge >= 0.3 is 5.97 Å². The van der Waals surface area contributed by atoms with Gasteiger partial charge in [-0.1, -0.05) is 71.2 Å². The SMILES string of the molecule is C.CCC(=O)CCCCC[C@H](N)c1ncc(-c2ccc3c(c2)C2CCC3C2)[nH]1.CCC(=O)CCCCC[C@H](NC(=O)C1CN(C)C1)c1ncc(-c2ccc3c(c2)C2CCC3C2)[nH]1.CN1CC(C(=O)O)C1.S.S. The number of fused-ring (bicyclic) bond motifs is 10. The first-order valence-electron chi connectivity index (χ1n) is 26.4. The fraction of sp³-hybridized carbons (Fsp3) is 0.614. The number of aliphatic carboxylic acids is 1. The normalized spacial score (nSPS) is 21.1. The number of Topliss-reactive ketones (excluding diaryl/α,β-unsaturated/α-hetero) is 2. The number of likely N-dealkylation sites (tertiary alicyclic amines) is 2. The zero-order chi connectivity index (χ0) is 48.6. The summed E-state index contributed by atoms with van der Waals surface area (Å²) in [6.45, 7) is 6.92. The number of aromatic amines is 2. The number of nitrogens with zero attached hydrogens (tertiary/aromatic N) is 4. The van der Waals surface area contributed by atoms with Crippen molar-refractivity contribution < 1.29 is 24.3 Å². The quantitative estimate of drug-likeness (QED) is 0.0502. The van der Waals surface area contributed by atoms with E-state index >= 15 is 0 Å². The van der Waals surface area contributed by atoms with Crippen molar-refractivity contribution in [1.29, 1.82) is 0 Å². The van der Waals surface area contributed by atoms with E-state index in [1.165, 1.54) is 55.2 Å². The molecule has 10 rings (SSSR count). The maximum absolute atomic E-state index is 12.8. The zero-order valence-electron chi connectivity index (χ0n) is 42.7. The summed E-state index contributed by atoms with van der Waals surface area (Å²) in [4.78, 5) is 66.2. The van der Waals surface area contributed by atoms with Crippen molar-refractivity contribution in [2.24, 2.45) is 17.6 Å². The number of nitrogens with one attached hydrogen (secondary N) is 3. The average molecular weight is 1030 g/mol. The molecule has 15 heteroatoms. The first kappa shape index (κ1) is 58.6. The number of benzene rings is 2. The summed E-state index contributed by atoms with van der Waals surface area (Å²) in [6.07, 6.45) is 22.2. The predicted octanol–water partition coefficient (Wildman–Crippen LogP) is 11.0. The van der Waals surface area contributed by atoms with Gasteiger partial charge < -0.3 is 35.9 Å². The Labute approximate surface area is 443 Å². The molecule has 4 bridgehead atoms. The monoisotopic (exact) mass is 1030 g/mol. The van der Waals surface area contributed by atoms with Crippen molar-refractivity contribution in [2.45, 2.75) is 173 Å². The molecule has 2 saturated heterocycles. The van der Waals surface area contributed by atoms with Gasteiger partial charge in [-0.25, -0.2) is 9.97 Å². The van der Waals surface area contributed by atoms with E-state index in [1.807, 2.05) is 45.2 Å². The molecule has 2 aliphatic heterocycles. The number of carbonyl (C=O) groups excluding carboxylic acids is 3. The van der Waals surface area contributed by atoms with E-state index in [-0.39, 0.29) is 64.2 Å². The molecule has 4 unspecified atom stereocenters. The molecule has 0 radical (unpaired) electrons. The maximum Gasteiger partial charge on any atom is 0.309 e. The molecule has 1 amide bonds. The number of imidazole rings is 2. The predicted molar refractivity (Wildman–Crippen MR) is 298 cm³/mol. The first-order chi connectivity index (χ1) is 33.4. The van der Waals surface area contributed by atoms with Gasteiger partial charge in [0.1, 0.15) is 23.2 Å². The van der Waals surface area contributed by atoms with Crippen LogP contribution < -0.4 is 11.1 Å². The molecular weight excluding hydrogens is 941 g/mol. The van der Waals surface area contributed by atoms with E-state index < -0.39 is 5.97 Å². The van der Waals surface area contributed by atoms with Crippen LogP contribution in [0.1, 0.15) is 207 Å². The summed E-state index contributed by atoms with van der Waals surface area (Å²) >= 11 is 0. The van der Waals surface area contributed by atoms with Gasteiger partial charge in [-0.15, -0.1) is 0 Å². The molecular formula is C57H86N8O5S2. The van der Waals surface area contributed by atoms with Crippen LogP contribution in [0.2, 0.25) is 0 Å². The molecule has 396 valence electrons. The lowest BCUT2D eigenvalue weighted by Gasteiger charge is -2.35. The Bertz CT molecular complexity index is 2410. The lowest BCUT2D eigenvalue weighted by Crippen LogP contribution is -2.52. The van der Waals surface area contributed by atoms with Gasteiger partial charge in [0.25, 0.3) is 0 Å². The fourth-order valence-electron chi connectivity index (χ4n) is 11.8. The van der Waals surface area contributed by atoms with E-state index in [2.05, 4.69) is 61.6 Å². The number of hydrogen-bond donors (Lipinski definition) is 5. The maximum atomic E-state index is 12.8. The fourth-order valence-corrected chi connectivity index (χ4v) is 11.8. The molecule has 6 N–H and O–H groups in total. The van der Waals surface area contributed by atoms with E-state index in [4.69, 9.17) is 15.8 Å². The summed E-state index contributed by atoms with van der Waals surface area (Å²) < 4.78 is 0. The molecule has 2 saturated carbocycles. The van der Waals surface area contributed by atoms with E-state index in [0.717, 1.165) is 124 Å². The number of carbonyl (C=O) groups is 4. The third-order valence-corrected chi connectivity index (χ3v) is 16.2. The molecule has 13 nitrogen and oxygen atoms in total. The van der Waals surface area contributed by atoms with Crippen molar-refractivity contribution >= 4 is 50.4 Å². The lowest BCUT2D eigenvalue weighted by atomic mass is 9.90. The van der Waals surface area contributed by atoms with E-state index in [9.17, 15) is 19.2 Å². The molecule has 4 fully saturated rings. The van der Waals surface area contributed by atoms with Gasteiger partial charge in [-0.05, 0) is 147 Å². The number of carboxylic acids is 1. The van der Waals surface area contributed by atoms with Crippen molar-refractivity contribution in [3.8, 4) is 22.5 Å². The standard InChI is InChI=1S/C28H38N4O2.C23H31N3O.C5H9NO2.CH4.2H2S/c1-3-22(33)7-5-4-6-8-25(31-28(34)21-16-32(2)17-21)27-29-15-26(30-27)20-11-12-23-18-9-10-19(13-18)24(23)14-20;1-2-18(27)6-4-3-5-7-21(24)23-25-14-22(26-23)17-10-11-19-15-8-9-16(12-15)20(19)13-17;1-6-2-4(3-6)5(7)8;;;/h11-12,14-15,18-19,21,25H,3-10,13,16-17H2,1-2H3,(H,29,30)(H,31,34);10-11,13-16,21H,2-9,12,24H2,1H3,(H,25,26);4H,2-3H2,1H3,(H,7,8);1H4;2*1H2/t18?,19?,25-;15?,16?,21-;;;;/m00..../s1. The number of aromatic nitrogens is 4. The second-order valence-corrected chi connectivity index (χ2v) is 21.3.